The first-order chi connectivity index (χ1) is 9.54. The van der Waals surface area contributed by atoms with Gasteiger partial charge < -0.3 is 15.3 Å². The topological polar surface area (TPSA) is 82.5 Å². The Kier molecular flexibility index (Phi) is 6.49. The van der Waals surface area contributed by atoms with Crippen LogP contribution in [-0.4, -0.2) is 47.1 Å². The molecule has 0 aromatic carbocycles. The fourth-order valence-electron chi connectivity index (χ4n) is 1.70. The van der Waals surface area contributed by atoms with Crippen LogP contribution in [0.1, 0.15) is 18.9 Å². The van der Waals surface area contributed by atoms with Crippen LogP contribution in [0.25, 0.3) is 0 Å². The highest BCUT2D eigenvalue weighted by molar-refractivity contribution is 5.75. The van der Waals surface area contributed by atoms with Gasteiger partial charge in [-0.25, -0.2) is 4.79 Å². The van der Waals surface area contributed by atoms with Gasteiger partial charge in [-0.15, -0.1) is 0 Å². The average molecular weight is 279 g/mol. The number of aromatic nitrogens is 1. The van der Waals surface area contributed by atoms with E-state index in [1.54, 1.807) is 31.3 Å². The lowest BCUT2D eigenvalue weighted by molar-refractivity contribution is -0.141. The van der Waals surface area contributed by atoms with Gasteiger partial charge in [0.05, 0.1) is 5.92 Å². The van der Waals surface area contributed by atoms with E-state index in [1.807, 2.05) is 12.1 Å². The summed E-state index contributed by atoms with van der Waals surface area (Å²) >= 11 is 0. The summed E-state index contributed by atoms with van der Waals surface area (Å²) in [5, 5.41) is 11.6. The molecule has 1 unspecified atom stereocenters. The maximum atomic E-state index is 11.8. The predicted molar refractivity (Wildman–Crippen MR) is 75.4 cm³/mol. The quantitative estimate of drug-likeness (QED) is 0.790. The molecular formula is C14H21N3O3. The molecule has 1 aromatic rings. The maximum Gasteiger partial charge on any atom is 0.317 e. The highest BCUT2D eigenvalue weighted by atomic mass is 16.4. The number of amides is 2. The number of urea groups is 1. The van der Waals surface area contributed by atoms with E-state index in [4.69, 9.17) is 5.11 Å². The summed E-state index contributed by atoms with van der Waals surface area (Å²) in [5.74, 6) is -1.42. The van der Waals surface area contributed by atoms with E-state index in [-0.39, 0.29) is 12.6 Å². The number of hydrogen-bond donors (Lipinski definition) is 2. The summed E-state index contributed by atoms with van der Waals surface area (Å²) in [7, 11) is 1.69. The van der Waals surface area contributed by atoms with Crippen molar-refractivity contribution in [2.75, 3.05) is 20.1 Å². The molecule has 0 saturated heterocycles. The molecule has 1 aromatic heterocycles. The van der Waals surface area contributed by atoms with Gasteiger partial charge in [-0.3, -0.25) is 9.78 Å². The summed E-state index contributed by atoms with van der Waals surface area (Å²) in [6.07, 6.45) is 4.67. The molecule has 0 radical (unpaired) electrons. The Bertz CT molecular complexity index is 437. The third kappa shape index (κ3) is 5.26. The molecule has 6 nitrogen and oxygen atoms in total. The lowest BCUT2D eigenvalue weighted by Crippen LogP contribution is -2.41. The Balaban J connectivity index is 2.34. The maximum absolute atomic E-state index is 11.8. The van der Waals surface area contributed by atoms with Crippen LogP contribution in [0.3, 0.4) is 0 Å². The number of aliphatic carboxylic acids is 1. The van der Waals surface area contributed by atoms with Gasteiger partial charge in [0.25, 0.3) is 0 Å². The molecule has 1 heterocycles. The number of likely N-dealkylation sites (N-methyl/N-ethyl adjacent to an activating group) is 1. The van der Waals surface area contributed by atoms with Gasteiger partial charge in [0, 0.05) is 32.5 Å². The Hall–Kier alpha value is -2.11. The fraction of sp³-hybridized carbons (Fsp3) is 0.500. The van der Waals surface area contributed by atoms with Crippen molar-refractivity contribution in [2.45, 2.75) is 19.8 Å². The van der Waals surface area contributed by atoms with E-state index in [0.717, 1.165) is 12.0 Å². The average Bonchev–Trinajstić information content (AvgIpc) is 2.45. The Labute approximate surface area is 118 Å². The molecule has 0 aliphatic rings. The van der Waals surface area contributed by atoms with Gasteiger partial charge in [0.2, 0.25) is 0 Å². The first-order valence-electron chi connectivity index (χ1n) is 6.65. The molecule has 110 valence electrons. The predicted octanol–water partition coefficient (Wildman–Crippen LogP) is 1.38. The number of rotatable bonds is 7. The number of hydrogen-bond acceptors (Lipinski definition) is 3. The van der Waals surface area contributed by atoms with Gasteiger partial charge in [-0.1, -0.05) is 6.92 Å². The van der Waals surface area contributed by atoms with Gasteiger partial charge in [0.1, 0.15) is 0 Å². The molecule has 6 heteroatoms. The minimum Gasteiger partial charge on any atom is -0.481 e. The molecule has 0 aliphatic carbocycles. The van der Waals surface area contributed by atoms with Gasteiger partial charge >= 0.3 is 12.0 Å². The van der Waals surface area contributed by atoms with E-state index < -0.39 is 11.9 Å². The van der Waals surface area contributed by atoms with Crippen LogP contribution in [0.4, 0.5) is 4.79 Å². The van der Waals surface area contributed by atoms with E-state index >= 15 is 0 Å². The number of pyridine rings is 1. The molecular weight excluding hydrogens is 258 g/mol. The smallest absolute Gasteiger partial charge is 0.317 e. The van der Waals surface area contributed by atoms with Crippen molar-refractivity contribution in [3.8, 4) is 0 Å². The number of nitrogens with zero attached hydrogens (tertiary/aromatic N) is 2. The van der Waals surface area contributed by atoms with Crippen molar-refractivity contribution in [1.29, 1.82) is 0 Å². The van der Waals surface area contributed by atoms with Gasteiger partial charge in [-0.2, -0.15) is 0 Å². The van der Waals surface area contributed by atoms with Crippen molar-refractivity contribution in [3.05, 3.63) is 30.1 Å². The zero-order valence-corrected chi connectivity index (χ0v) is 11.9. The second kappa shape index (κ2) is 8.14. The molecule has 20 heavy (non-hydrogen) atoms. The fourth-order valence-corrected chi connectivity index (χ4v) is 1.70. The van der Waals surface area contributed by atoms with Gasteiger partial charge in [-0.05, 0) is 30.5 Å². The standard InChI is InChI=1S/C14H21N3O3/c1-3-12(13(18)19)10-16-14(20)17(2)9-6-11-4-7-15-8-5-11/h4-5,7-8,12H,3,6,9-10H2,1-2H3,(H,16,20)(H,18,19). The zero-order chi connectivity index (χ0) is 15.0. The van der Waals surface area contributed by atoms with Crippen molar-refractivity contribution >= 4 is 12.0 Å². The van der Waals surface area contributed by atoms with Crippen LogP contribution in [0.2, 0.25) is 0 Å². The van der Waals surface area contributed by atoms with Crippen LogP contribution >= 0.6 is 0 Å². The molecule has 2 amide bonds. The van der Waals surface area contributed by atoms with Crippen LogP contribution in [0.15, 0.2) is 24.5 Å². The summed E-state index contributed by atoms with van der Waals surface area (Å²) < 4.78 is 0. The van der Waals surface area contributed by atoms with Crippen molar-refractivity contribution in [3.63, 3.8) is 0 Å². The van der Waals surface area contributed by atoms with E-state index in [1.165, 1.54) is 0 Å². The van der Waals surface area contributed by atoms with Crippen molar-refractivity contribution in [1.82, 2.24) is 15.2 Å². The first-order valence-corrected chi connectivity index (χ1v) is 6.65. The van der Waals surface area contributed by atoms with Crippen LogP contribution in [0.5, 0.6) is 0 Å². The van der Waals surface area contributed by atoms with Crippen LogP contribution in [0, 0.1) is 5.92 Å². The molecule has 1 atom stereocenters. The SMILES string of the molecule is CCC(CNC(=O)N(C)CCc1ccncc1)C(=O)O. The second-order valence-electron chi connectivity index (χ2n) is 4.66. The normalized spacial score (nSPS) is 11.7. The highest BCUT2D eigenvalue weighted by Crippen LogP contribution is 2.02. The number of carbonyl (C=O) groups excluding carboxylic acids is 1. The van der Waals surface area contributed by atoms with Crippen molar-refractivity contribution in [2.24, 2.45) is 5.92 Å². The molecule has 1 rings (SSSR count). The van der Waals surface area contributed by atoms with Crippen molar-refractivity contribution < 1.29 is 14.7 Å². The molecule has 2 N–H and O–H groups in total. The molecule has 0 aliphatic heterocycles. The summed E-state index contributed by atoms with van der Waals surface area (Å²) in [5.41, 5.74) is 1.11. The zero-order valence-electron chi connectivity index (χ0n) is 11.9. The largest absolute Gasteiger partial charge is 0.481 e. The summed E-state index contributed by atoms with van der Waals surface area (Å²) in [6, 6.07) is 3.56. The second-order valence-corrected chi connectivity index (χ2v) is 4.66. The third-order valence-electron chi connectivity index (χ3n) is 3.17. The lowest BCUT2D eigenvalue weighted by atomic mass is 10.1. The summed E-state index contributed by atoms with van der Waals surface area (Å²) in [4.78, 5) is 28.2. The van der Waals surface area contributed by atoms with Gasteiger partial charge in [0.15, 0.2) is 0 Å². The van der Waals surface area contributed by atoms with Crippen LogP contribution in [-0.2, 0) is 11.2 Å². The molecule has 0 saturated carbocycles. The summed E-state index contributed by atoms with van der Waals surface area (Å²) in [6.45, 7) is 2.52. The number of carboxylic acid groups (broad SMARTS) is 1. The first kappa shape index (κ1) is 15.9. The Morgan fingerprint density at radius 3 is 2.60 bits per heavy atom. The highest BCUT2D eigenvalue weighted by Gasteiger charge is 2.17. The molecule has 0 fully saturated rings. The Morgan fingerprint density at radius 1 is 1.40 bits per heavy atom. The molecule has 0 bridgehead atoms. The lowest BCUT2D eigenvalue weighted by Gasteiger charge is -2.19. The van der Waals surface area contributed by atoms with E-state index in [2.05, 4.69) is 10.3 Å². The van der Waals surface area contributed by atoms with E-state index in [0.29, 0.717) is 13.0 Å². The minimum atomic E-state index is -0.882. The van der Waals surface area contributed by atoms with Crippen LogP contribution < -0.4 is 5.32 Å². The number of carboxylic acids is 1. The Morgan fingerprint density at radius 2 is 2.05 bits per heavy atom. The third-order valence-corrected chi connectivity index (χ3v) is 3.17. The minimum absolute atomic E-state index is 0.157. The number of carbonyl (C=O) groups is 2. The van der Waals surface area contributed by atoms with E-state index in [9.17, 15) is 9.59 Å². The number of nitrogens with one attached hydrogen (secondary N) is 1. The monoisotopic (exact) mass is 279 g/mol. The molecule has 0 spiro atoms.